The third-order valence-corrected chi connectivity index (χ3v) is 10.1. The van der Waals surface area contributed by atoms with Gasteiger partial charge in [-0.2, -0.15) is 10.2 Å². The third-order valence-electron chi connectivity index (χ3n) is 10.1. The summed E-state index contributed by atoms with van der Waals surface area (Å²) in [6.07, 6.45) is 3.55. The minimum Gasteiger partial charge on any atom is -0.369 e. The maximum Gasteiger partial charge on any atom is 0.255 e. The molecule has 0 saturated carbocycles. The van der Waals surface area contributed by atoms with Crippen LogP contribution in [0, 0.1) is 6.92 Å². The molecule has 0 atom stereocenters. The van der Waals surface area contributed by atoms with Gasteiger partial charge < -0.3 is 44.2 Å². The van der Waals surface area contributed by atoms with Gasteiger partial charge in [-0.05, 0) is 135 Å². The highest BCUT2D eigenvalue weighted by Crippen LogP contribution is 2.28. The summed E-state index contributed by atoms with van der Waals surface area (Å²) in [6.45, 7) is 5.62. The number of rotatable bonds is 12. The Hall–Kier alpha value is -9.44. The number of carbonyl (C=O) groups excluding carboxylic acids is 2. The lowest BCUT2D eigenvalue weighted by molar-refractivity contribution is 0.101. The fourth-order valence-corrected chi connectivity index (χ4v) is 6.73. The van der Waals surface area contributed by atoms with Gasteiger partial charge in [0.25, 0.3) is 11.8 Å². The van der Waals surface area contributed by atoms with Crippen molar-refractivity contribution in [2.75, 3.05) is 21.3 Å². The van der Waals surface area contributed by atoms with E-state index in [4.69, 9.17) is 22.9 Å². The van der Waals surface area contributed by atoms with Crippen molar-refractivity contribution in [2.45, 2.75) is 20.8 Å². The number of carbonyl (C=O) groups is 2. The second-order valence-electron chi connectivity index (χ2n) is 15.1. The zero-order valence-corrected chi connectivity index (χ0v) is 36.9. The average Bonchev–Trinajstić information content (AvgIpc) is 3.33. The molecule has 16 nitrogen and oxygen atoms in total. The van der Waals surface area contributed by atoms with Crippen LogP contribution in [-0.2, 0) is 0 Å². The van der Waals surface area contributed by atoms with Gasteiger partial charge in [-0.3, -0.25) is 19.6 Å². The van der Waals surface area contributed by atoms with Gasteiger partial charge in [0.05, 0.1) is 22.5 Å². The first-order valence-corrected chi connectivity index (χ1v) is 20.9. The molecule has 2 aromatic heterocycles. The molecule has 6 aromatic carbocycles. The minimum absolute atomic E-state index is 0.117. The molecule has 2 heterocycles. The molecule has 0 bridgehead atoms. The van der Waals surface area contributed by atoms with E-state index in [1.165, 1.54) is 0 Å². The van der Waals surface area contributed by atoms with Crippen molar-refractivity contribution in [3.63, 3.8) is 0 Å². The van der Waals surface area contributed by atoms with E-state index in [0.29, 0.717) is 33.9 Å². The van der Waals surface area contributed by atoms with Crippen molar-refractivity contribution in [1.29, 1.82) is 0 Å². The molecule has 16 heteroatoms. The first kappa shape index (κ1) is 45.6. The van der Waals surface area contributed by atoms with Gasteiger partial charge in [-0.15, -0.1) is 10.2 Å². The molecule has 0 fully saturated rings. The third kappa shape index (κ3) is 12.4. The van der Waals surface area contributed by atoms with Crippen LogP contribution in [0.1, 0.15) is 51.3 Å². The Morgan fingerprint density at radius 3 is 1.40 bits per heavy atom. The lowest BCUT2D eigenvalue weighted by atomic mass is 10.1. The normalized spacial score (nSPS) is 11.1. The second-order valence-corrected chi connectivity index (χ2v) is 15.1. The molecule has 12 N–H and O–H groups in total. The lowest BCUT2D eigenvalue weighted by Crippen LogP contribution is -2.22. The molecule has 0 aliphatic heterocycles. The van der Waals surface area contributed by atoms with Crippen LogP contribution in [0.2, 0.25) is 0 Å². The van der Waals surface area contributed by atoms with Crippen molar-refractivity contribution in [3.8, 4) is 0 Å². The lowest BCUT2D eigenvalue weighted by Gasteiger charge is -2.11. The van der Waals surface area contributed by atoms with Crippen molar-refractivity contribution >= 4 is 91.1 Å². The number of aromatic nitrogens is 2. The number of benzene rings is 6. The highest BCUT2D eigenvalue weighted by Gasteiger charge is 2.11. The van der Waals surface area contributed by atoms with Crippen LogP contribution >= 0.6 is 0 Å². The number of anilines is 6. The van der Waals surface area contributed by atoms with E-state index in [-0.39, 0.29) is 23.7 Å². The smallest absolute Gasteiger partial charge is 0.255 e. The predicted molar refractivity (Wildman–Crippen MR) is 273 cm³/mol. The monoisotopic (exact) mass is 888 g/mol. The van der Waals surface area contributed by atoms with Crippen LogP contribution in [0.4, 0.5) is 34.1 Å². The van der Waals surface area contributed by atoms with Gasteiger partial charge in [-0.1, -0.05) is 54.1 Å². The SMILES string of the molecule is C/C(=N/N=C(N)N)c1cccc(NC(=O)c2ccc(Nc3ccnc4ccc(C)cc34)cc2)c1.C/C(=N/N=C(N)N)c1cccc(NC(=O)c2ccc(Nc3ccnc4ccccc34)cc2)c1. The molecule has 0 radical (unpaired) electrons. The van der Waals surface area contributed by atoms with Crippen molar-refractivity contribution in [2.24, 2.45) is 43.3 Å². The summed E-state index contributed by atoms with van der Waals surface area (Å²) in [5.74, 6) is -0.665. The van der Waals surface area contributed by atoms with Crippen molar-refractivity contribution < 1.29 is 9.59 Å². The van der Waals surface area contributed by atoms with E-state index >= 15 is 0 Å². The Morgan fingerprint density at radius 2 is 0.910 bits per heavy atom. The molecule has 334 valence electrons. The zero-order chi connectivity index (χ0) is 47.3. The van der Waals surface area contributed by atoms with Crippen LogP contribution in [-0.4, -0.2) is 45.1 Å². The van der Waals surface area contributed by atoms with Crippen LogP contribution < -0.4 is 44.2 Å². The van der Waals surface area contributed by atoms with Gasteiger partial charge in [0.15, 0.2) is 0 Å². The quantitative estimate of drug-likeness (QED) is 0.0328. The van der Waals surface area contributed by atoms with E-state index in [1.807, 2.05) is 115 Å². The Balaban J connectivity index is 0.000000199. The molecule has 0 unspecified atom stereocenters. The van der Waals surface area contributed by atoms with Gasteiger partial charge in [0.1, 0.15) is 0 Å². The molecule has 0 aliphatic carbocycles. The maximum atomic E-state index is 12.8. The summed E-state index contributed by atoms with van der Waals surface area (Å²) in [5.41, 5.74) is 33.1. The summed E-state index contributed by atoms with van der Waals surface area (Å²) in [4.78, 5) is 34.3. The highest BCUT2D eigenvalue weighted by atomic mass is 16.2. The van der Waals surface area contributed by atoms with Crippen LogP contribution in [0.15, 0.2) is 184 Å². The number of guanidine groups is 2. The first-order valence-electron chi connectivity index (χ1n) is 20.9. The fourth-order valence-electron chi connectivity index (χ4n) is 6.73. The number of nitrogens with one attached hydrogen (secondary N) is 4. The number of aryl methyl sites for hydroxylation is 1. The number of nitrogens with two attached hydrogens (primary N) is 4. The van der Waals surface area contributed by atoms with Gasteiger partial charge in [0, 0.05) is 68.4 Å². The Morgan fingerprint density at radius 1 is 0.448 bits per heavy atom. The van der Waals surface area contributed by atoms with Crippen LogP contribution in [0.5, 0.6) is 0 Å². The minimum atomic E-state index is -0.216. The molecular formula is C51H48N14O2. The number of pyridine rings is 2. The van der Waals surface area contributed by atoms with Gasteiger partial charge in [0.2, 0.25) is 11.9 Å². The predicted octanol–water partition coefficient (Wildman–Crippen LogP) is 8.76. The van der Waals surface area contributed by atoms with Crippen molar-refractivity contribution in [1.82, 2.24) is 9.97 Å². The number of nitrogens with zero attached hydrogens (tertiary/aromatic N) is 6. The number of hydrogen-bond acceptors (Lipinski definition) is 10. The molecule has 0 aliphatic rings. The van der Waals surface area contributed by atoms with E-state index < -0.39 is 0 Å². The fraction of sp³-hybridized carbons (Fsp3) is 0.0588. The molecule has 8 aromatic rings. The average molecular weight is 889 g/mol. The molecule has 67 heavy (non-hydrogen) atoms. The maximum absolute atomic E-state index is 12.8. The molecular weight excluding hydrogens is 841 g/mol. The van der Waals surface area contributed by atoms with Crippen molar-refractivity contribution in [3.05, 3.63) is 192 Å². The number of amides is 2. The summed E-state index contributed by atoms with van der Waals surface area (Å²) >= 11 is 0. The highest BCUT2D eigenvalue weighted by molar-refractivity contribution is 6.07. The Bertz CT molecular complexity index is 3190. The summed E-state index contributed by atoms with van der Waals surface area (Å²) in [5, 5.41) is 29.9. The largest absolute Gasteiger partial charge is 0.369 e. The standard InChI is InChI=1S/C26H25N7O.C25H23N7O/c1-16-6-11-23-22(14-16)24(12-13-29-23)30-20-9-7-18(8-10-20)25(34)31-21-5-3-4-19(15-21)17(2)32-33-26(27)28;1-16(31-32-25(26)27)18-5-4-6-20(15-18)30-24(33)17-9-11-19(12-10-17)29-23-13-14-28-22-8-3-2-7-21(22)23/h3-15H,1-2H3,(H,29,30)(H,31,34)(H4,27,28,33);2-15H,1H3,(H,28,29)(H,30,33)(H4,26,27,32)/b32-17-;31-16-. The first-order chi connectivity index (χ1) is 32.4. The topological polar surface area (TPSA) is 262 Å². The number of para-hydroxylation sites is 1. The zero-order valence-electron chi connectivity index (χ0n) is 36.9. The van der Waals surface area contributed by atoms with Gasteiger partial charge in [-0.25, -0.2) is 0 Å². The number of hydrogen-bond donors (Lipinski definition) is 8. The number of fused-ring (bicyclic) bond motifs is 2. The van der Waals surface area contributed by atoms with E-state index in [1.54, 1.807) is 56.6 Å². The van der Waals surface area contributed by atoms with Crippen LogP contribution in [0.3, 0.4) is 0 Å². The van der Waals surface area contributed by atoms with Gasteiger partial charge >= 0.3 is 0 Å². The Kier molecular flexibility index (Phi) is 14.5. The molecule has 8 rings (SSSR count). The molecule has 0 saturated heterocycles. The summed E-state index contributed by atoms with van der Waals surface area (Å²) in [6, 6.07) is 47.1. The van der Waals surface area contributed by atoms with Crippen LogP contribution in [0.25, 0.3) is 21.8 Å². The summed E-state index contributed by atoms with van der Waals surface area (Å²) in [7, 11) is 0. The molecule has 0 spiro atoms. The van der Waals surface area contributed by atoms with E-state index in [2.05, 4.69) is 64.6 Å². The van der Waals surface area contributed by atoms with E-state index in [9.17, 15) is 9.59 Å². The van der Waals surface area contributed by atoms with E-state index in [0.717, 1.165) is 61.2 Å². The Labute approximate surface area is 386 Å². The second kappa shape index (κ2) is 21.3. The summed E-state index contributed by atoms with van der Waals surface area (Å²) < 4.78 is 0. The molecule has 2 amide bonds.